The number of benzene rings is 1. The molecule has 132 valence electrons. The zero-order valence-corrected chi connectivity index (χ0v) is 15.5. The Balaban J connectivity index is 1.79. The van der Waals surface area contributed by atoms with Crippen LogP contribution in [0.3, 0.4) is 0 Å². The second kappa shape index (κ2) is 6.87. The van der Waals surface area contributed by atoms with Gasteiger partial charge in [-0.1, -0.05) is 37.3 Å². The van der Waals surface area contributed by atoms with Gasteiger partial charge < -0.3 is 4.74 Å². The number of pyridine rings is 1. The van der Waals surface area contributed by atoms with Crippen LogP contribution in [0.1, 0.15) is 62.4 Å². The summed E-state index contributed by atoms with van der Waals surface area (Å²) in [7, 11) is 0. The molecule has 0 bridgehead atoms. The van der Waals surface area contributed by atoms with Crippen molar-refractivity contribution in [2.45, 2.75) is 58.7 Å². The third kappa shape index (κ3) is 4.01. The van der Waals surface area contributed by atoms with Gasteiger partial charge in [-0.2, -0.15) is 0 Å². The minimum absolute atomic E-state index is 0.264. The quantitative estimate of drug-likeness (QED) is 0.801. The summed E-state index contributed by atoms with van der Waals surface area (Å²) in [5.74, 6) is 0.280. The van der Waals surface area contributed by atoms with Gasteiger partial charge in [-0.25, -0.2) is 4.79 Å². The molecular weight excluding hydrogens is 312 g/mol. The second-order valence-electron chi connectivity index (χ2n) is 7.59. The number of fused-ring (bicyclic) bond motifs is 1. The van der Waals surface area contributed by atoms with Gasteiger partial charge >= 0.3 is 6.09 Å². The van der Waals surface area contributed by atoms with Gasteiger partial charge in [0.25, 0.3) is 0 Å². The highest BCUT2D eigenvalue weighted by Crippen LogP contribution is 2.30. The number of carbonyl (C=O) groups is 1. The first-order valence-electron chi connectivity index (χ1n) is 8.88. The molecular formula is C21H26N2O2. The fourth-order valence-electron chi connectivity index (χ4n) is 3.25. The summed E-state index contributed by atoms with van der Waals surface area (Å²) in [6.45, 7) is 9.00. The molecule has 0 aliphatic carbocycles. The molecule has 1 amide bonds. The fraction of sp³-hybridized carbons (Fsp3) is 0.429. The lowest BCUT2D eigenvalue weighted by molar-refractivity contribution is 0.0242. The summed E-state index contributed by atoms with van der Waals surface area (Å²) in [4.78, 5) is 18.7. The standard InChI is InChI=1S/C21H26N2O2/c1-5-18(15-9-7-6-8-10-15)19-11-16-13-23(14-17(16)12-22-19)20(24)25-21(2,3)4/h6-12,18H,5,13-14H2,1-4H3. The maximum Gasteiger partial charge on any atom is 0.410 e. The highest BCUT2D eigenvalue weighted by molar-refractivity contribution is 5.69. The molecule has 2 aromatic rings. The molecule has 1 aliphatic heterocycles. The van der Waals surface area contributed by atoms with Crippen molar-refractivity contribution in [1.82, 2.24) is 9.88 Å². The first-order valence-corrected chi connectivity index (χ1v) is 8.88. The average molecular weight is 338 g/mol. The molecule has 2 heterocycles. The molecule has 1 unspecified atom stereocenters. The number of ether oxygens (including phenoxy) is 1. The molecule has 0 N–H and O–H groups in total. The predicted octanol–water partition coefficient (Wildman–Crippen LogP) is 4.87. The Morgan fingerprint density at radius 3 is 2.52 bits per heavy atom. The Morgan fingerprint density at radius 2 is 1.88 bits per heavy atom. The van der Waals surface area contributed by atoms with Crippen LogP contribution in [0.4, 0.5) is 4.79 Å². The SMILES string of the molecule is CCC(c1ccccc1)c1cc2c(cn1)CN(C(=O)OC(C)(C)C)C2. The Kier molecular flexibility index (Phi) is 4.80. The van der Waals surface area contributed by atoms with Crippen molar-refractivity contribution >= 4 is 6.09 Å². The molecule has 4 nitrogen and oxygen atoms in total. The van der Waals surface area contributed by atoms with Gasteiger partial charge in [-0.15, -0.1) is 0 Å². The summed E-state index contributed by atoms with van der Waals surface area (Å²) in [6, 6.07) is 12.6. The zero-order chi connectivity index (χ0) is 18.0. The molecule has 25 heavy (non-hydrogen) atoms. The van der Waals surface area contributed by atoms with E-state index in [1.165, 1.54) is 11.1 Å². The van der Waals surface area contributed by atoms with Crippen LogP contribution in [-0.2, 0) is 17.8 Å². The number of amides is 1. The van der Waals surface area contributed by atoms with Crippen LogP contribution >= 0.6 is 0 Å². The second-order valence-corrected chi connectivity index (χ2v) is 7.59. The van der Waals surface area contributed by atoms with E-state index in [-0.39, 0.29) is 12.0 Å². The first-order chi connectivity index (χ1) is 11.9. The molecule has 1 aliphatic rings. The van der Waals surface area contributed by atoms with Crippen molar-refractivity contribution in [3.8, 4) is 0 Å². The van der Waals surface area contributed by atoms with E-state index in [9.17, 15) is 4.79 Å². The van der Waals surface area contributed by atoms with Gasteiger partial charge in [0.2, 0.25) is 0 Å². The van der Waals surface area contributed by atoms with Crippen molar-refractivity contribution in [1.29, 1.82) is 0 Å². The van der Waals surface area contributed by atoms with Gasteiger partial charge in [-0.3, -0.25) is 9.88 Å². The normalized spacial score (nSPS) is 15.0. The van der Waals surface area contributed by atoms with Gasteiger partial charge in [-0.05, 0) is 49.9 Å². The lowest BCUT2D eigenvalue weighted by Gasteiger charge is -2.24. The molecule has 0 saturated carbocycles. The summed E-state index contributed by atoms with van der Waals surface area (Å²) in [5.41, 5.74) is 4.15. The number of carbonyl (C=O) groups excluding carboxylic acids is 1. The summed E-state index contributed by atoms with van der Waals surface area (Å²) >= 11 is 0. The maximum atomic E-state index is 12.3. The van der Waals surface area contributed by atoms with Crippen molar-refractivity contribution in [2.24, 2.45) is 0 Å². The lowest BCUT2D eigenvalue weighted by atomic mass is 9.92. The number of nitrogens with zero attached hydrogens (tertiary/aromatic N) is 2. The molecule has 1 aromatic heterocycles. The molecule has 1 aromatic carbocycles. The highest BCUT2D eigenvalue weighted by atomic mass is 16.6. The third-order valence-corrected chi connectivity index (χ3v) is 4.45. The topological polar surface area (TPSA) is 42.4 Å². The molecule has 3 rings (SSSR count). The number of aromatic nitrogens is 1. The summed E-state index contributed by atoms with van der Waals surface area (Å²) in [6.07, 6.45) is 2.65. The van der Waals surface area contributed by atoms with E-state index in [1.54, 1.807) is 4.90 Å². The molecule has 0 radical (unpaired) electrons. The van der Waals surface area contributed by atoms with Crippen LogP contribution in [-0.4, -0.2) is 21.6 Å². The van der Waals surface area contributed by atoms with E-state index in [2.05, 4.69) is 42.2 Å². The van der Waals surface area contributed by atoms with Crippen LogP contribution in [0.15, 0.2) is 42.6 Å². The Hall–Kier alpha value is -2.36. The third-order valence-electron chi connectivity index (χ3n) is 4.45. The molecule has 1 atom stereocenters. The van der Waals surface area contributed by atoms with Crippen molar-refractivity contribution in [3.63, 3.8) is 0 Å². The monoisotopic (exact) mass is 338 g/mol. The van der Waals surface area contributed by atoms with E-state index in [0.29, 0.717) is 13.1 Å². The van der Waals surface area contributed by atoms with Crippen LogP contribution in [0.25, 0.3) is 0 Å². The van der Waals surface area contributed by atoms with Gasteiger partial charge in [0.1, 0.15) is 5.60 Å². The summed E-state index contributed by atoms with van der Waals surface area (Å²) < 4.78 is 5.49. The van der Waals surface area contributed by atoms with E-state index in [0.717, 1.165) is 17.7 Å². The predicted molar refractivity (Wildman–Crippen MR) is 98.3 cm³/mol. The fourth-order valence-corrected chi connectivity index (χ4v) is 3.25. The lowest BCUT2D eigenvalue weighted by Crippen LogP contribution is -2.33. The smallest absolute Gasteiger partial charge is 0.410 e. The van der Waals surface area contributed by atoms with Crippen LogP contribution < -0.4 is 0 Å². The van der Waals surface area contributed by atoms with Crippen molar-refractivity contribution < 1.29 is 9.53 Å². The van der Waals surface area contributed by atoms with E-state index in [4.69, 9.17) is 4.74 Å². The molecule has 0 spiro atoms. The number of hydrogen-bond donors (Lipinski definition) is 0. The van der Waals surface area contributed by atoms with Gasteiger partial charge in [0.15, 0.2) is 0 Å². The number of hydrogen-bond acceptors (Lipinski definition) is 3. The van der Waals surface area contributed by atoms with E-state index < -0.39 is 5.60 Å². The molecule has 0 fully saturated rings. The Labute approximate surface area is 149 Å². The van der Waals surface area contributed by atoms with Gasteiger partial charge in [0.05, 0.1) is 6.54 Å². The number of rotatable bonds is 3. The van der Waals surface area contributed by atoms with Crippen LogP contribution in [0.5, 0.6) is 0 Å². The van der Waals surface area contributed by atoms with E-state index in [1.807, 2.05) is 33.0 Å². The zero-order valence-electron chi connectivity index (χ0n) is 15.5. The Morgan fingerprint density at radius 1 is 1.20 bits per heavy atom. The summed E-state index contributed by atoms with van der Waals surface area (Å²) in [5, 5.41) is 0. The maximum absolute atomic E-state index is 12.3. The minimum Gasteiger partial charge on any atom is -0.444 e. The van der Waals surface area contributed by atoms with Crippen molar-refractivity contribution in [2.75, 3.05) is 0 Å². The minimum atomic E-state index is -0.476. The average Bonchev–Trinajstić information content (AvgIpc) is 2.99. The largest absolute Gasteiger partial charge is 0.444 e. The first kappa shape index (κ1) is 17.5. The molecule has 4 heteroatoms. The van der Waals surface area contributed by atoms with Gasteiger partial charge in [0, 0.05) is 24.4 Å². The van der Waals surface area contributed by atoms with E-state index >= 15 is 0 Å². The molecule has 0 saturated heterocycles. The van der Waals surface area contributed by atoms with Crippen LogP contribution in [0, 0.1) is 0 Å². The van der Waals surface area contributed by atoms with Crippen LogP contribution in [0.2, 0.25) is 0 Å². The van der Waals surface area contributed by atoms with Crippen molar-refractivity contribution in [3.05, 3.63) is 65.0 Å². The Bertz CT molecular complexity index is 750. The highest BCUT2D eigenvalue weighted by Gasteiger charge is 2.28.